The average molecular weight is 224 g/mol. The molecule has 0 bridgehead atoms. The van der Waals surface area contributed by atoms with Gasteiger partial charge in [-0.15, -0.1) is 0 Å². The van der Waals surface area contributed by atoms with E-state index in [-0.39, 0.29) is 12.4 Å². The maximum Gasteiger partial charge on any atom is 0.215 e. The Morgan fingerprint density at radius 1 is 1.43 bits per heavy atom. The standard InChI is InChI=1S/C8H20N2O3S/c1-8(2,7-11)10(4)14(12,13)6-5-9-3/h9,11H,5-7H2,1-4H3. The van der Waals surface area contributed by atoms with Crippen LogP contribution in [-0.2, 0) is 10.0 Å². The molecule has 0 aromatic carbocycles. The van der Waals surface area contributed by atoms with Gasteiger partial charge in [0, 0.05) is 13.6 Å². The van der Waals surface area contributed by atoms with Crippen molar-refractivity contribution in [1.82, 2.24) is 9.62 Å². The van der Waals surface area contributed by atoms with E-state index >= 15 is 0 Å². The smallest absolute Gasteiger partial charge is 0.215 e. The lowest BCUT2D eigenvalue weighted by Gasteiger charge is -2.32. The van der Waals surface area contributed by atoms with Crippen molar-refractivity contribution in [2.24, 2.45) is 0 Å². The van der Waals surface area contributed by atoms with E-state index in [0.717, 1.165) is 0 Å². The summed E-state index contributed by atoms with van der Waals surface area (Å²) in [5.41, 5.74) is -0.743. The highest BCUT2D eigenvalue weighted by molar-refractivity contribution is 7.89. The number of hydrogen-bond acceptors (Lipinski definition) is 4. The molecule has 0 radical (unpaired) electrons. The van der Waals surface area contributed by atoms with Crippen molar-refractivity contribution in [2.45, 2.75) is 19.4 Å². The molecule has 0 saturated carbocycles. The minimum atomic E-state index is -3.28. The van der Waals surface area contributed by atoms with Crippen molar-refractivity contribution >= 4 is 10.0 Å². The molecule has 0 rings (SSSR count). The summed E-state index contributed by atoms with van der Waals surface area (Å²) in [6.45, 7) is 3.59. The first-order valence-corrected chi connectivity index (χ1v) is 6.11. The van der Waals surface area contributed by atoms with Gasteiger partial charge in [0.05, 0.1) is 17.9 Å². The van der Waals surface area contributed by atoms with E-state index in [4.69, 9.17) is 5.11 Å². The van der Waals surface area contributed by atoms with E-state index in [1.807, 2.05) is 0 Å². The molecule has 86 valence electrons. The fourth-order valence-corrected chi connectivity index (χ4v) is 2.39. The topological polar surface area (TPSA) is 69.6 Å². The number of aliphatic hydroxyl groups excluding tert-OH is 1. The molecule has 5 nitrogen and oxygen atoms in total. The highest BCUT2D eigenvalue weighted by atomic mass is 32.2. The predicted molar refractivity (Wildman–Crippen MR) is 56.6 cm³/mol. The van der Waals surface area contributed by atoms with Crippen LogP contribution >= 0.6 is 0 Å². The predicted octanol–water partition coefficient (Wildman–Crippen LogP) is -0.762. The molecule has 0 aromatic rings. The molecule has 0 aliphatic heterocycles. The number of nitrogens with zero attached hydrogens (tertiary/aromatic N) is 1. The Hall–Kier alpha value is -0.170. The molecule has 0 spiro atoms. The fourth-order valence-electron chi connectivity index (χ4n) is 0.844. The number of likely N-dealkylation sites (N-methyl/N-ethyl adjacent to an activating group) is 1. The third kappa shape index (κ3) is 3.53. The first-order valence-electron chi connectivity index (χ1n) is 4.50. The molecule has 0 aromatic heterocycles. The maximum atomic E-state index is 11.7. The number of nitrogens with one attached hydrogen (secondary N) is 1. The van der Waals surface area contributed by atoms with Crippen LogP contribution in [0.4, 0.5) is 0 Å². The lowest BCUT2D eigenvalue weighted by molar-refractivity contribution is 0.138. The second-order valence-corrected chi connectivity index (χ2v) is 5.98. The van der Waals surface area contributed by atoms with Crippen LogP contribution in [0.25, 0.3) is 0 Å². The minimum absolute atomic E-state index is 0.0451. The molecule has 6 heteroatoms. The van der Waals surface area contributed by atoms with Gasteiger partial charge in [-0.25, -0.2) is 8.42 Å². The van der Waals surface area contributed by atoms with Crippen LogP contribution in [0.3, 0.4) is 0 Å². The maximum absolute atomic E-state index is 11.7. The molecule has 0 unspecified atom stereocenters. The van der Waals surface area contributed by atoms with Crippen LogP contribution in [0.5, 0.6) is 0 Å². The monoisotopic (exact) mass is 224 g/mol. The van der Waals surface area contributed by atoms with Crippen LogP contribution in [0.15, 0.2) is 0 Å². The van der Waals surface area contributed by atoms with Crippen LogP contribution in [0.1, 0.15) is 13.8 Å². The van der Waals surface area contributed by atoms with Gasteiger partial charge < -0.3 is 10.4 Å². The molecule has 0 aliphatic carbocycles. The van der Waals surface area contributed by atoms with E-state index in [9.17, 15) is 8.42 Å². The van der Waals surface area contributed by atoms with E-state index in [1.54, 1.807) is 20.9 Å². The Bertz CT molecular complexity index is 262. The first-order chi connectivity index (χ1) is 6.28. The van der Waals surface area contributed by atoms with Gasteiger partial charge in [0.15, 0.2) is 0 Å². The molecule has 0 heterocycles. The van der Waals surface area contributed by atoms with Crippen molar-refractivity contribution < 1.29 is 13.5 Å². The van der Waals surface area contributed by atoms with Gasteiger partial charge >= 0.3 is 0 Å². The first kappa shape index (κ1) is 13.8. The van der Waals surface area contributed by atoms with Gasteiger partial charge in [0.2, 0.25) is 10.0 Å². The van der Waals surface area contributed by atoms with Crippen LogP contribution < -0.4 is 5.32 Å². The van der Waals surface area contributed by atoms with Crippen LogP contribution in [0, 0.1) is 0 Å². The van der Waals surface area contributed by atoms with Crippen LogP contribution in [-0.4, -0.2) is 56.4 Å². The number of rotatable bonds is 6. The van der Waals surface area contributed by atoms with Crippen molar-refractivity contribution in [3.05, 3.63) is 0 Å². The SMILES string of the molecule is CNCCS(=O)(=O)N(C)C(C)(C)CO. The Morgan fingerprint density at radius 2 is 1.93 bits per heavy atom. The summed E-state index contributed by atoms with van der Waals surface area (Å²) in [5.74, 6) is 0.0451. The van der Waals surface area contributed by atoms with E-state index in [0.29, 0.717) is 6.54 Å². The molecule has 0 saturated heterocycles. The zero-order chi connectivity index (χ0) is 11.4. The molecule has 14 heavy (non-hydrogen) atoms. The quantitative estimate of drug-likeness (QED) is 0.622. The fraction of sp³-hybridized carbons (Fsp3) is 1.00. The Labute approximate surface area is 86.2 Å². The molecular weight excluding hydrogens is 204 g/mol. The average Bonchev–Trinajstić information content (AvgIpc) is 2.13. The number of aliphatic hydroxyl groups is 1. The molecular formula is C8H20N2O3S. The summed E-state index contributed by atoms with van der Waals surface area (Å²) in [5, 5.41) is 11.8. The molecule has 0 amide bonds. The highest BCUT2D eigenvalue weighted by Gasteiger charge is 2.31. The van der Waals surface area contributed by atoms with Gasteiger partial charge in [0.1, 0.15) is 0 Å². The van der Waals surface area contributed by atoms with Crippen molar-refractivity contribution in [2.75, 3.05) is 33.0 Å². The summed E-state index contributed by atoms with van der Waals surface area (Å²) >= 11 is 0. The van der Waals surface area contributed by atoms with Gasteiger partial charge in [-0.1, -0.05) is 0 Å². The van der Waals surface area contributed by atoms with Gasteiger partial charge in [0.25, 0.3) is 0 Å². The molecule has 2 N–H and O–H groups in total. The largest absolute Gasteiger partial charge is 0.394 e. The van der Waals surface area contributed by atoms with E-state index in [1.165, 1.54) is 11.4 Å². The van der Waals surface area contributed by atoms with Gasteiger partial charge in [-0.2, -0.15) is 4.31 Å². The Kier molecular flexibility index (Phi) is 5.00. The summed E-state index contributed by atoms with van der Waals surface area (Å²) < 4.78 is 24.6. The second kappa shape index (κ2) is 5.06. The third-order valence-electron chi connectivity index (χ3n) is 2.27. The Morgan fingerprint density at radius 3 is 2.29 bits per heavy atom. The van der Waals surface area contributed by atoms with Crippen LogP contribution in [0.2, 0.25) is 0 Å². The van der Waals surface area contributed by atoms with E-state index in [2.05, 4.69) is 5.32 Å². The van der Waals surface area contributed by atoms with Crippen molar-refractivity contribution in [1.29, 1.82) is 0 Å². The van der Waals surface area contributed by atoms with Crippen molar-refractivity contribution in [3.63, 3.8) is 0 Å². The van der Waals surface area contributed by atoms with Gasteiger partial charge in [-0.3, -0.25) is 0 Å². The van der Waals surface area contributed by atoms with E-state index < -0.39 is 15.6 Å². The highest BCUT2D eigenvalue weighted by Crippen LogP contribution is 2.15. The lowest BCUT2D eigenvalue weighted by atomic mass is 10.1. The zero-order valence-electron chi connectivity index (χ0n) is 9.24. The Balaban J connectivity index is 4.59. The number of hydrogen-bond donors (Lipinski definition) is 2. The molecule has 0 fully saturated rings. The zero-order valence-corrected chi connectivity index (χ0v) is 10.1. The summed E-state index contributed by atoms with van der Waals surface area (Å²) in [4.78, 5) is 0. The normalized spacial score (nSPS) is 13.6. The van der Waals surface area contributed by atoms with Gasteiger partial charge in [-0.05, 0) is 20.9 Å². The van der Waals surface area contributed by atoms with Crippen molar-refractivity contribution in [3.8, 4) is 0 Å². The minimum Gasteiger partial charge on any atom is -0.394 e. The lowest BCUT2D eigenvalue weighted by Crippen LogP contribution is -2.49. The summed E-state index contributed by atoms with van der Waals surface area (Å²) in [7, 11) is -0.0930. The molecule has 0 atom stereocenters. The summed E-state index contributed by atoms with van der Waals surface area (Å²) in [6.07, 6.45) is 0. The molecule has 0 aliphatic rings. The number of sulfonamides is 1. The second-order valence-electron chi connectivity index (χ2n) is 3.86. The third-order valence-corrected chi connectivity index (χ3v) is 4.32. The summed E-state index contributed by atoms with van der Waals surface area (Å²) in [6, 6.07) is 0.